The van der Waals surface area contributed by atoms with E-state index in [9.17, 15) is 4.79 Å². The Balaban J connectivity index is 3.58. The molecule has 0 radical (unpaired) electrons. The number of carboxylic acid groups (broad SMARTS) is 1. The Bertz CT molecular complexity index is 181. The van der Waals surface area contributed by atoms with Gasteiger partial charge in [0.1, 0.15) is 0 Å². The molecule has 0 aromatic heterocycles. The number of aliphatic carboxylic acids is 1. The third-order valence-electron chi connectivity index (χ3n) is 2.40. The smallest absolute Gasteiger partial charge is 0.304 e. The third-order valence-corrected chi connectivity index (χ3v) is 2.40. The van der Waals surface area contributed by atoms with Crippen LogP contribution in [0.15, 0.2) is 0 Å². The van der Waals surface area contributed by atoms with E-state index in [1.807, 2.05) is 0 Å². The van der Waals surface area contributed by atoms with Crippen molar-refractivity contribution in [1.29, 1.82) is 0 Å². The maximum absolute atomic E-state index is 10.3. The lowest BCUT2D eigenvalue weighted by Crippen LogP contribution is -2.39. The Hall–Kier alpha value is -0.610. The third kappa shape index (κ3) is 6.86. The minimum absolute atomic E-state index is 0.0273. The Morgan fingerprint density at radius 2 is 2.14 bits per heavy atom. The van der Waals surface area contributed by atoms with E-state index in [4.69, 9.17) is 10.8 Å². The molecule has 4 N–H and O–H groups in total. The number of nitrogens with one attached hydrogen (secondary N) is 1. The highest BCUT2D eigenvalue weighted by Crippen LogP contribution is 2.17. The average Bonchev–Trinajstić information content (AvgIpc) is 2.02. The van der Waals surface area contributed by atoms with Gasteiger partial charge >= 0.3 is 5.97 Å². The molecule has 0 rings (SSSR count). The molecule has 14 heavy (non-hydrogen) atoms. The first-order valence-electron chi connectivity index (χ1n) is 5.05. The molecule has 0 aromatic rings. The standard InChI is InChI=1S/C10H22N2O2/c1-4-10(2,3)7-12-6-8(11)5-9(13)14/h8,12H,4-7,11H2,1-3H3,(H,13,14). The highest BCUT2D eigenvalue weighted by atomic mass is 16.4. The molecule has 0 amide bonds. The van der Waals surface area contributed by atoms with E-state index in [1.165, 1.54) is 0 Å². The van der Waals surface area contributed by atoms with Crippen molar-refractivity contribution in [3.05, 3.63) is 0 Å². The summed E-state index contributed by atoms with van der Waals surface area (Å²) in [4.78, 5) is 10.3. The zero-order valence-electron chi connectivity index (χ0n) is 9.34. The molecule has 0 spiro atoms. The first kappa shape index (κ1) is 13.4. The van der Waals surface area contributed by atoms with Gasteiger partial charge in [0, 0.05) is 19.1 Å². The molecule has 0 saturated carbocycles. The fourth-order valence-electron chi connectivity index (χ4n) is 1.02. The van der Waals surface area contributed by atoms with E-state index in [2.05, 4.69) is 26.1 Å². The van der Waals surface area contributed by atoms with Crippen LogP contribution in [0.2, 0.25) is 0 Å². The summed E-state index contributed by atoms with van der Waals surface area (Å²) in [6.45, 7) is 7.91. The zero-order valence-corrected chi connectivity index (χ0v) is 9.34. The first-order valence-corrected chi connectivity index (χ1v) is 5.05. The SMILES string of the molecule is CCC(C)(C)CNCC(N)CC(=O)O. The van der Waals surface area contributed by atoms with Gasteiger partial charge in [-0.3, -0.25) is 4.79 Å². The summed E-state index contributed by atoms with van der Waals surface area (Å²) in [6.07, 6.45) is 1.12. The maximum atomic E-state index is 10.3. The lowest BCUT2D eigenvalue weighted by Gasteiger charge is -2.23. The van der Waals surface area contributed by atoms with Crippen LogP contribution in [-0.4, -0.2) is 30.2 Å². The minimum atomic E-state index is -0.839. The summed E-state index contributed by atoms with van der Waals surface area (Å²) in [5.74, 6) is -0.839. The fraction of sp³-hybridized carbons (Fsp3) is 0.900. The van der Waals surface area contributed by atoms with Gasteiger partial charge < -0.3 is 16.2 Å². The lowest BCUT2D eigenvalue weighted by molar-refractivity contribution is -0.137. The molecule has 0 fully saturated rings. The molecule has 1 atom stereocenters. The van der Waals surface area contributed by atoms with Crippen LogP contribution < -0.4 is 11.1 Å². The fourth-order valence-corrected chi connectivity index (χ4v) is 1.02. The molecule has 4 nitrogen and oxygen atoms in total. The number of carboxylic acids is 1. The van der Waals surface area contributed by atoms with Gasteiger partial charge in [0.2, 0.25) is 0 Å². The predicted molar refractivity (Wildman–Crippen MR) is 57.2 cm³/mol. The van der Waals surface area contributed by atoms with Crippen molar-refractivity contribution in [2.24, 2.45) is 11.1 Å². The Morgan fingerprint density at radius 3 is 2.57 bits per heavy atom. The Labute approximate surface area is 85.9 Å². The second-order valence-electron chi connectivity index (χ2n) is 4.51. The quantitative estimate of drug-likeness (QED) is 0.571. The van der Waals surface area contributed by atoms with Crippen molar-refractivity contribution < 1.29 is 9.90 Å². The van der Waals surface area contributed by atoms with Gasteiger partial charge in [-0.15, -0.1) is 0 Å². The monoisotopic (exact) mass is 202 g/mol. The van der Waals surface area contributed by atoms with E-state index < -0.39 is 5.97 Å². The molecule has 0 bridgehead atoms. The highest BCUT2D eigenvalue weighted by Gasteiger charge is 2.15. The number of nitrogens with two attached hydrogens (primary N) is 1. The van der Waals surface area contributed by atoms with Gasteiger partial charge in [-0.05, 0) is 11.8 Å². The van der Waals surface area contributed by atoms with Gasteiger partial charge in [-0.1, -0.05) is 20.8 Å². The summed E-state index contributed by atoms with van der Waals surface area (Å²) in [5.41, 5.74) is 5.86. The Kier molecular flexibility index (Phi) is 5.72. The summed E-state index contributed by atoms with van der Waals surface area (Å²) < 4.78 is 0. The highest BCUT2D eigenvalue weighted by molar-refractivity contribution is 5.67. The van der Waals surface area contributed by atoms with Crippen LogP contribution in [0.5, 0.6) is 0 Å². The average molecular weight is 202 g/mol. The van der Waals surface area contributed by atoms with Gasteiger partial charge in [0.15, 0.2) is 0 Å². The largest absolute Gasteiger partial charge is 0.481 e. The lowest BCUT2D eigenvalue weighted by atomic mass is 9.90. The number of hydrogen-bond donors (Lipinski definition) is 3. The van der Waals surface area contributed by atoms with Crippen LogP contribution >= 0.6 is 0 Å². The Morgan fingerprint density at radius 1 is 1.57 bits per heavy atom. The molecule has 0 saturated heterocycles. The van der Waals surface area contributed by atoms with Crippen LogP contribution in [0.25, 0.3) is 0 Å². The molecule has 84 valence electrons. The normalized spacial score (nSPS) is 14.0. The summed E-state index contributed by atoms with van der Waals surface area (Å²) in [5, 5.41) is 11.7. The minimum Gasteiger partial charge on any atom is -0.481 e. The topological polar surface area (TPSA) is 75.3 Å². The van der Waals surface area contributed by atoms with Crippen LogP contribution in [0.1, 0.15) is 33.6 Å². The van der Waals surface area contributed by atoms with E-state index in [-0.39, 0.29) is 17.9 Å². The van der Waals surface area contributed by atoms with Crippen molar-refractivity contribution in [1.82, 2.24) is 5.32 Å². The van der Waals surface area contributed by atoms with E-state index in [0.717, 1.165) is 13.0 Å². The van der Waals surface area contributed by atoms with Crippen LogP contribution in [0, 0.1) is 5.41 Å². The van der Waals surface area contributed by atoms with Crippen molar-refractivity contribution >= 4 is 5.97 Å². The number of hydrogen-bond acceptors (Lipinski definition) is 3. The molecular weight excluding hydrogens is 180 g/mol. The van der Waals surface area contributed by atoms with Gasteiger partial charge in [-0.2, -0.15) is 0 Å². The van der Waals surface area contributed by atoms with Crippen molar-refractivity contribution in [3.63, 3.8) is 0 Å². The van der Waals surface area contributed by atoms with Crippen LogP contribution in [0.3, 0.4) is 0 Å². The first-order chi connectivity index (χ1) is 6.37. The summed E-state index contributed by atoms with van der Waals surface area (Å²) in [7, 11) is 0. The van der Waals surface area contributed by atoms with Gasteiger partial charge in [0.05, 0.1) is 6.42 Å². The van der Waals surface area contributed by atoms with E-state index in [1.54, 1.807) is 0 Å². The zero-order chi connectivity index (χ0) is 11.2. The molecule has 1 unspecified atom stereocenters. The number of carbonyl (C=O) groups is 1. The van der Waals surface area contributed by atoms with Gasteiger partial charge in [0.25, 0.3) is 0 Å². The van der Waals surface area contributed by atoms with Gasteiger partial charge in [-0.25, -0.2) is 0 Å². The molecule has 0 aromatic carbocycles. The molecule has 0 aliphatic rings. The second kappa shape index (κ2) is 5.98. The molecule has 0 aliphatic heterocycles. The van der Waals surface area contributed by atoms with E-state index in [0.29, 0.717) is 6.54 Å². The second-order valence-corrected chi connectivity index (χ2v) is 4.51. The van der Waals surface area contributed by atoms with Crippen molar-refractivity contribution in [3.8, 4) is 0 Å². The summed E-state index contributed by atoms with van der Waals surface area (Å²) >= 11 is 0. The predicted octanol–water partition coefficient (Wildman–Crippen LogP) is 0.814. The van der Waals surface area contributed by atoms with Crippen molar-refractivity contribution in [2.45, 2.75) is 39.7 Å². The summed E-state index contributed by atoms with van der Waals surface area (Å²) in [6, 6.07) is -0.292. The molecular formula is C10H22N2O2. The van der Waals surface area contributed by atoms with Crippen LogP contribution in [0.4, 0.5) is 0 Å². The molecule has 4 heteroatoms. The van der Waals surface area contributed by atoms with E-state index >= 15 is 0 Å². The maximum Gasteiger partial charge on any atom is 0.304 e. The molecule has 0 heterocycles. The molecule has 0 aliphatic carbocycles. The van der Waals surface area contributed by atoms with Crippen molar-refractivity contribution in [2.75, 3.05) is 13.1 Å². The number of rotatable bonds is 7. The van der Waals surface area contributed by atoms with Crippen LogP contribution in [-0.2, 0) is 4.79 Å².